The molecule has 0 atom stereocenters. The van der Waals surface area contributed by atoms with Crippen LogP contribution in [0.15, 0.2) is 34.5 Å². The van der Waals surface area contributed by atoms with E-state index in [9.17, 15) is 8.42 Å². The van der Waals surface area contributed by atoms with Gasteiger partial charge in [0, 0.05) is 21.8 Å². The Bertz CT molecular complexity index is 696. The lowest BCUT2D eigenvalue weighted by atomic mass is 10.2. The van der Waals surface area contributed by atoms with Gasteiger partial charge in [-0.3, -0.25) is 4.72 Å². The van der Waals surface area contributed by atoms with Crippen molar-refractivity contribution in [1.82, 2.24) is 0 Å². The molecule has 0 fully saturated rings. The maximum absolute atomic E-state index is 12.2. The van der Waals surface area contributed by atoms with Crippen molar-refractivity contribution in [2.24, 2.45) is 5.73 Å². The smallest absolute Gasteiger partial charge is 0.262 e. The van der Waals surface area contributed by atoms with Crippen molar-refractivity contribution in [2.75, 3.05) is 4.72 Å². The Labute approximate surface area is 121 Å². The van der Waals surface area contributed by atoms with Crippen LogP contribution in [0.5, 0.6) is 0 Å². The van der Waals surface area contributed by atoms with Crippen LogP contribution in [-0.2, 0) is 16.6 Å². The topological polar surface area (TPSA) is 72.2 Å². The van der Waals surface area contributed by atoms with Crippen molar-refractivity contribution in [3.8, 4) is 0 Å². The van der Waals surface area contributed by atoms with Crippen LogP contribution in [0.2, 0.25) is 5.02 Å². The van der Waals surface area contributed by atoms with Crippen molar-refractivity contribution >= 4 is 38.6 Å². The van der Waals surface area contributed by atoms with E-state index >= 15 is 0 Å². The van der Waals surface area contributed by atoms with Crippen LogP contribution < -0.4 is 10.5 Å². The summed E-state index contributed by atoms with van der Waals surface area (Å²) in [6.45, 7) is 2.14. The Morgan fingerprint density at radius 2 is 2.11 bits per heavy atom. The highest BCUT2D eigenvalue weighted by atomic mass is 35.5. The van der Waals surface area contributed by atoms with Gasteiger partial charge in [-0.1, -0.05) is 17.7 Å². The molecule has 3 N–H and O–H groups in total. The summed E-state index contributed by atoms with van der Waals surface area (Å²) in [6, 6.07) is 6.64. The Balaban J connectivity index is 2.33. The second-order valence-corrected chi connectivity index (χ2v) is 7.13. The van der Waals surface area contributed by atoms with Gasteiger partial charge in [-0.05, 0) is 30.7 Å². The molecule has 0 saturated heterocycles. The summed E-state index contributed by atoms with van der Waals surface area (Å²) in [7, 11) is -3.60. The minimum Gasteiger partial charge on any atom is -0.326 e. The number of halogens is 1. The quantitative estimate of drug-likeness (QED) is 0.911. The molecule has 0 aliphatic carbocycles. The highest BCUT2D eigenvalue weighted by Gasteiger charge is 2.17. The zero-order valence-electron chi connectivity index (χ0n) is 10.2. The zero-order chi connectivity index (χ0) is 14.0. The van der Waals surface area contributed by atoms with Crippen LogP contribution >= 0.6 is 22.9 Å². The second-order valence-electron chi connectivity index (χ2n) is 4.02. The highest BCUT2D eigenvalue weighted by molar-refractivity contribution is 7.92. The van der Waals surface area contributed by atoms with E-state index in [-0.39, 0.29) is 4.90 Å². The van der Waals surface area contributed by atoms with E-state index < -0.39 is 10.0 Å². The molecule has 2 rings (SSSR count). The number of nitrogens with two attached hydrogens (primary N) is 1. The predicted molar refractivity (Wildman–Crippen MR) is 79.2 cm³/mol. The first-order chi connectivity index (χ1) is 8.92. The predicted octanol–water partition coefficient (Wildman–Crippen LogP) is 2.97. The normalized spacial score (nSPS) is 11.5. The number of hydrogen-bond donors (Lipinski definition) is 2. The van der Waals surface area contributed by atoms with Gasteiger partial charge in [0.25, 0.3) is 10.0 Å². The van der Waals surface area contributed by atoms with Gasteiger partial charge in [0.1, 0.15) is 0 Å². The molecule has 0 spiro atoms. The summed E-state index contributed by atoms with van der Waals surface area (Å²) in [4.78, 5) is 1.04. The molecular formula is C12H13ClN2O2S2. The van der Waals surface area contributed by atoms with Gasteiger partial charge in [-0.15, -0.1) is 11.3 Å². The fourth-order valence-electron chi connectivity index (χ4n) is 1.52. The summed E-state index contributed by atoms with van der Waals surface area (Å²) in [5.41, 5.74) is 6.77. The van der Waals surface area contributed by atoms with Gasteiger partial charge >= 0.3 is 0 Å². The third-order valence-corrected chi connectivity index (χ3v) is 5.27. The first kappa shape index (κ1) is 14.3. The van der Waals surface area contributed by atoms with Gasteiger partial charge in [0.05, 0.1) is 10.6 Å². The van der Waals surface area contributed by atoms with Gasteiger partial charge in [-0.25, -0.2) is 8.42 Å². The maximum atomic E-state index is 12.2. The lowest BCUT2D eigenvalue weighted by Crippen LogP contribution is -2.13. The van der Waals surface area contributed by atoms with Crippen LogP contribution in [0.4, 0.5) is 5.69 Å². The minimum atomic E-state index is -3.60. The van der Waals surface area contributed by atoms with Gasteiger partial charge < -0.3 is 5.73 Å². The molecule has 0 radical (unpaired) electrons. The molecule has 0 bridgehead atoms. The molecule has 7 heteroatoms. The van der Waals surface area contributed by atoms with E-state index in [1.165, 1.54) is 11.3 Å². The average Bonchev–Trinajstić information content (AvgIpc) is 2.83. The first-order valence-corrected chi connectivity index (χ1v) is 8.23. The summed E-state index contributed by atoms with van der Waals surface area (Å²) in [6.07, 6.45) is 0. The summed E-state index contributed by atoms with van der Waals surface area (Å²) in [5, 5.41) is 2.06. The van der Waals surface area contributed by atoms with Crippen LogP contribution in [0, 0.1) is 6.92 Å². The van der Waals surface area contributed by atoms with E-state index in [0.717, 1.165) is 10.4 Å². The van der Waals surface area contributed by atoms with Crippen molar-refractivity contribution in [3.63, 3.8) is 0 Å². The fourth-order valence-corrected chi connectivity index (χ4v) is 3.97. The Hall–Kier alpha value is -1.08. The Morgan fingerprint density at radius 1 is 1.37 bits per heavy atom. The first-order valence-electron chi connectivity index (χ1n) is 5.49. The number of sulfonamides is 1. The number of nitrogens with one attached hydrogen (secondary N) is 1. The molecule has 0 amide bonds. The summed E-state index contributed by atoms with van der Waals surface area (Å²) < 4.78 is 26.9. The van der Waals surface area contributed by atoms with Crippen LogP contribution in [0.3, 0.4) is 0 Å². The third kappa shape index (κ3) is 3.27. The molecule has 1 aromatic carbocycles. The number of anilines is 1. The number of rotatable bonds is 4. The molecule has 0 saturated carbocycles. The van der Waals surface area contributed by atoms with E-state index in [0.29, 0.717) is 17.3 Å². The zero-order valence-corrected chi connectivity index (χ0v) is 12.6. The van der Waals surface area contributed by atoms with Crippen LogP contribution in [0.1, 0.15) is 10.4 Å². The van der Waals surface area contributed by atoms with E-state index in [1.807, 2.05) is 6.92 Å². The number of aryl methyl sites for hydroxylation is 1. The number of hydrogen-bond acceptors (Lipinski definition) is 4. The molecule has 1 heterocycles. The number of thiophene rings is 1. The molecule has 1 aromatic heterocycles. The fraction of sp³-hybridized carbons (Fsp3) is 0.167. The molecule has 19 heavy (non-hydrogen) atoms. The van der Waals surface area contributed by atoms with Crippen molar-refractivity contribution in [2.45, 2.75) is 18.4 Å². The van der Waals surface area contributed by atoms with Crippen molar-refractivity contribution < 1.29 is 8.42 Å². The van der Waals surface area contributed by atoms with Crippen LogP contribution in [-0.4, -0.2) is 8.42 Å². The van der Waals surface area contributed by atoms with Crippen molar-refractivity contribution in [3.05, 3.63) is 45.1 Å². The molecule has 0 aliphatic rings. The van der Waals surface area contributed by atoms with E-state index in [1.54, 1.807) is 29.6 Å². The second kappa shape index (κ2) is 5.50. The standard InChI is InChI=1S/C12H13ClN2O2S2/c1-8-2-3-9(13)4-12(8)15-19(16,17)11-5-10(6-14)18-7-11/h2-5,7,15H,6,14H2,1H3. The molecule has 2 aromatic rings. The van der Waals surface area contributed by atoms with Crippen LogP contribution in [0.25, 0.3) is 0 Å². The van der Waals surface area contributed by atoms with Gasteiger partial charge in [0.2, 0.25) is 0 Å². The maximum Gasteiger partial charge on any atom is 0.262 e. The van der Waals surface area contributed by atoms with Gasteiger partial charge in [0.15, 0.2) is 0 Å². The Morgan fingerprint density at radius 3 is 2.74 bits per heavy atom. The minimum absolute atomic E-state index is 0.220. The summed E-state index contributed by atoms with van der Waals surface area (Å²) in [5.74, 6) is 0. The molecular weight excluding hydrogens is 304 g/mol. The van der Waals surface area contributed by atoms with E-state index in [2.05, 4.69) is 4.72 Å². The van der Waals surface area contributed by atoms with E-state index in [4.69, 9.17) is 17.3 Å². The average molecular weight is 317 g/mol. The molecule has 0 aliphatic heterocycles. The Kier molecular flexibility index (Phi) is 4.15. The molecule has 0 unspecified atom stereocenters. The highest BCUT2D eigenvalue weighted by Crippen LogP contribution is 2.25. The van der Waals surface area contributed by atoms with Gasteiger partial charge in [-0.2, -0.15) is 0 Å². The lowest BCUT2D eigenvalue weighted by molar-refractivity contribution is 0.601. The SMILES string of the molecule is Cc1ccc(Cl)cc1NS(=O)(=O)c1csc(CN)c1. The lowest BCUT2D eigenvalue weighted by Gasteiger charge is -2.09. The van der Waals surface area contributed by atoms with Crippen molar-refractivity contribution in [1.29, 1.82) is 0 Å². The third-order valence-electron chi connectivity index (χ3n) is 2.59. The summed E-state index contributed by atoms with van der Waals surface area (Å²) >= 11 is 7.19. The largest absolute Gasteiger partial charge is 0.326 e. The molecule has 102 valence electrons. The molecule has 4 nitrogen and oxygen atoms in total. The number of benzene rings is 1. The monoisotopic (exact) mass is 316 g/mol.